The van der Waals surface area contributed by atoms with Gasteiger partial charge in [0.2, 0.25) is 0 Å². The Kier molecular flexibility index (Phi) is 7.66. The predicted molar refractivity (Wildman–Crippen MR) is 126 cm³/mol. The van der Waals surface area contributed by atoms with Crippen molar-refractivity contribution in [2.75, 3.05) is 0 Å². The van der Waals surface area contributed by atoms with Crippen LogP contribution in [0.4, 0.5) is 0 Å². The van der Waals surface area contributed by atoms with E-state index >= 15 is 0 Å². The quantitative estimate of drug-likeness (QED) is 0.367. The molecule has 0 aliphatic heterocycles. The van der Waals surface area contributed by atoms with E-state index < -0.39 is 17.5 Å². The summed E-state index contributed by atoms with van der Waals surface area (Å²) in [5, 5.41) is 0. The zero-order valence-corrected chi connectivity index (χ0v) is 21.7. The molecule has 3 aromatic carbocycles. The molecule has 2 N–H and O–H groups in total. The minimum atomic E-state index is -2.74. The van der Waals surface area contributed by atoms with Gasteiger partial charge in [-0.25, -0.2) is 0 Å². The van der Waals surface area contributed by atoms with Gasteiger partial charge in [-0.3, -0.25) is 0 Å². The van der Waals surface area contributed by atoms with Crippen LogP contribution in [0, 0.1) is 41.5 Å². The summed E-state index contributed by atoms with van der Waals surface area (Å²) in [6.45, 7) is 13.0. The molecule has 0 spiro atoms. The Labute approximate surface area is 183 Å². The van der Waals surface area contributed by atoms with Gasteiger partial charge in [0.1, 0.15) is 0 Å². The summed E-state index contributed by atoms with van der Waals surface area (Å²) in [6, 6.07) is 15.5. The first-order chi connectivity index (χ1) is 12.7. The Hall–Kier alpha value is -1.00. The van der Waals surface area contributed by atoms with Gasteiger partial charge in [-0.05, 0) is 0 Å². The summed E-state index contributed by atoms with van der Waals surface area (Å²) in [5.41, 5.74) is 12.7. The van der Waals surface area contributed by atoms with Crippen LogP contribution in [0.25, 0.3) is 22.3 Å². The van der Waals surface area contributed by atoms with Crippen LogP contribution in [0.2, 0.25) is 0 Å². The van der Waals surface area contributed by atoms with Crippen LogP contribution in [-0.4, -0.2) is 23.0 Å². The summed E-state index contributed by atoms with van der Waals surface area (Å²) in [7, 11) is 13.5. The summed E-state index contributed by atoms with van der Waals surface area (Å²) < 4.78 is 1.19. The Morgan fingerprint density at radius 1 is 0.607 bits per heavy atom. The number of hydrogen-bond donors (Lipinski definition) is 0. The molecule has 1 nitrogen and oxygen atoms in total. The minimum absolute atomic E-state index is 0. The van der Waals surface area contributed by atoms with Crippen LogP contribution in [0.3, 0.4) is 0 Å². The monoisotopic (exact) mass is 521 g/mol. The Balaban J connectivity index is 0.00000280. The van der Waals surface area contributed by atoms with Crippen LogP contribution in [-0.2, 0) is 0 Å². The number of benzene rings is 3. The van der Waals surface area contributed by atoms with Gasteiger partial charge < -0.3 is 5.48 Å². The fourth-order valence-corrected chi connectivity index (χ4v) is 9.47. The molecule has 0 amide bonds. The SMILES string of the molecule is Cc1cc(C)c(-c2cccc(-c3c(C)cc(C)cc3C)[c]2[Sn]([Cl])[Cl])c(C)c1.O. The molecule has 0 heterocycles. The van der Waals surface area contributed by atoms with Gasteiger partial charge in [0.25, 0.3) is 0 Å². The average molecular weight is 521 g/mol. The van der Waals surface area contributed by atoms with Crippen molar-refractivity contribution in [2.45, 2.75) is 41.5 Å². The molecule has 0 atom stereocenters. The topological polar surface area (TPSA) is 31.5 Å². The van der Waals surface area contributed by atoms with E-state index in [2.05, 4.69) is 84.0 Å². The van der Waals surface area contributed by atoms with Crippen molar-refractivity contribution < 1.29 is 5.48 Å². The van der Waals surface area contributed by atoms with Crippen molar-refractivity contribution in [2.24, 2.45) is 0 Å². The Morgan fingerprint density at radius 2 is 0.929 bits per heavy atom. The minimum Gasteiger partial charge on any atom is -0.412 e. The van der Waals surface area contributed by atoms with Gasteiger partial charge in [0, 0.05) is 0 Å². The van der Waals surface area contributed by atoms with E-state index in [9.17, 15) is 0 Å². The first kappa shape index (κ1) is 23.3. The van der Waals surface area contributed by atoms with Crippen molar-refractivity contribution >= 4 is 38.9 Å². The van der Waals surface area contributed by atoms with E-state index in [1.54, 1.807) is 0 Å². The molecule has 4 heteroatoms. The molecule has 28 heavy (non-hydrogen) atoms. The molecule has 147 valence electrons. The van der Waals surface area contributed by atoms with Crippen molar-refractivity contribution in [3.8, 4) is 22.3 Å². The van der Waals surface area contributed by atoms with Gasteiger partial charge in [0.05, 0.1) is 0 Å². The predicted octanol–water partition coefficient (Wildman–Crippen LogP) is 6.22. The summed E-state index contributed by atoms with van der Waals surface area (Å²) >= 11 is -2.74. The number of rotatable bonds is 3. The molecule has 3 rings (SSSR count). The van der Waals surface area contributed by atoms with Gasteiger partial charge in [-0.2, -0.15) is 0 Å². The van der Waals surface area contributed by atoms with Crippen LogP contribution in [0.1, 0.15) is 33.4 Å². The molecule has 0 fully saturated rings. The fraction of sp³-hybridized carbons (Fsp3) is 0.250. The number of hydrogen-bond acceptors (Lipinski definition) is 0. The van der Waals surface area contributed by atoms with Crippen molar-refractivity contribution in [1.29, 1.82) is 0 Å². The number of aryl methyl sites for hydroxylation is 6. The Bertz CT molecular complexity index is 903. The second-order valence-electron chi connectivity index (χ2n) is 7.54. The van der Waals surface area contributed by atoms with E-state index in [1.807, 2.05) is 0 Å². The van der Waals surface area contributed by atoms with Crippen LogP contribution < -0.4 is 3.58 Å². The smallest absolute Gasteiger partial charge is 0.412 e. The molecule has 3 aromatic rings. The van der Waals surface area contributed by atoms with Crippen LogP contribution in [0.15, 0.2) is 42.5 Å². The molecule has 0 aromatic heterocycles. The normalized spacial score (nSPS) is 10.9. The van der Waals surface area contributed by atoms with Crippen LogP contribution >= 0.6 is 17.8 Å². The molecule has 0 aliphatic rings. The summed E-state index contributed by atoms with van der Waals surface area (Å²) in [6.07, 6.45) is 0. The standard InChI is InChI=1S/C24H25.2ClH.H2O.Sn/c1-15-10-17(3)23(18(4)11-15)21-8-7-9-22(14-21)24-19(5)12-16(2)13-20(24)6;;;;/h7-13H,1-6H3;2*1H;1H2;/q;;;;+2/p-2. The summed E-state index contributed by atoms with van der Waals surface area (Å²) in [4.78, 5) is 0. The fourth-order valence-electron chi connectivity index (χ4n) is 4.38. The summed E-state index contributed by atoms with van der Waals surface area (Å²) in [5.74, 6) is 0. The van der Waals surface area contributed by atoms with E-state index in [0.717, 1.165) is 0 Å². The molecule has 0 unspecified atom stereocenters. The van der Waals surface area contributed by atoms with E-state index in [4.69, 9.17) is 17.8 Å². The maximum Gasteiger partial charge on any atom is -0.412 e. The van der Waals surface area contributed by atoms with E-state index in [1.165, 1.54) is 59.2 Å². The molecular weight excluding hydrogens is 494 g/mol. The first-order valence-corrected chi connectivity index (χ1v) is 17.8. The largest absolute Gasteiger partial charge is 0.412 e. The van der Waals surface area contributed by atoms with Gasteiger partial charge in [-0.15, -0.1) is 0 Å². The molecule has 0 bridgehead atoms. The van der Waals surface area contributed by atoms with Gasteiger partial charge >= 0.3 is 179 Å². The average Bonchev–Trinajstić information content (AvgIpc) is 2.52. The maximum absolute atomic E-state index is 6.75. The van der Waals surface area contributed by atoms with Gasteiger partial charge in [-0.1, -0.05) is 0 Å². The first-order valence-electron chi connectivity index (χ1n) is 9.18. The zero-order chi connectivity index (χ0) is 19.9. The molecule has 1 radical (unpaired) electrons. The van der Waals surface area contributed by atoms with E-state index in [-0.39, 0.29) is 5.48 Å². The van der Waals surface area contributed by atoms with Crippen molar-refractivity contribution in [1.82, 2.24) is 0 Å². The molecule has 0 saturated carbocycles. The van der Waals surface area contributed by atoms with Crippen molar-refractivity contribution in [3.63, 3.8) is 0 Å². The maximum atomic E-state index is 6.75. The third-order valence-corrected chi connectivity index (χ3v) is 10.3. The van der Waals surface area contributed by atoms with E-state index in [0.29, 0.717) is 0 Å². The Morgan fingerprint density at radius 3 is 1.21 bits per heavy atom. The van der Waals surface area contributed by atoms with Gasteiger partial charge in [0.15, 0.2) is 0 Å². The third kappa shape index (κ3) is 4.43. The van der Waals surface area contributed by atoms with Crippen LogP contribution in [0.5, 0.6) is 0 Å². The zero-order valence-electron chi connectivity index (χ0n) is 17.3. The van der Waals surface area contributed by atoms with Crippen molar-refractivity contribution in [3.05, 3.63) is 75.8 Å². The molecule has 0 aliphatic carbocycles. The third-order valence-electron chi connectivity index (χ3n) is 5.15. The molecule has 0 saturated heterocycles. The number of halogens is 2. The second-order valence-corrected chi connectivity index (χ2v) is 16.8. The second kappa shape index (κ2) is 9.21. The molecular formula is C24H27Cl2OSn.